The van der Waals surface area contributed by atoms with Crippen molar-refractivity contribution in [3.05, 3.63) is 53.6 Å². The Balaban J connectivity index is 1.26. The molecule has 33 heavy (non-hydrogen) atoms. The second-order valence-electron chi connectivity index (χ2n) is 8.24. The average Bonchev–Trinajstić information content (AvgIpc) is 3.29. The molecule has 2 aliphatic rings. The molecule has 2 aliphatic heterocycles. The Morgan fingerprint density at radius 1 is 1.06 bits per heavy atom. The highest BCUT2D eigenvalue weighted by molar-refractivity contribution is 7.89. The number of hydrogen-bond donors (Lipinski definition) is 2. The van der Waals surface area contributed by atoms with E-state index >= 15 is 0 Å². The maximum atomic E-state index is 12.9. The smallest absolute Gasteiger partial charge is 0.243 e. The molecule has 0 aromatic heterocycles. The van der Waals surface area contributed by atoms with E-state index in [1.807, 2.05) is 19.1 Å². The van der Waals surface area contributed by atoms with Crippen molar-refractivity contribution in [1.82, 2.24) is 15.2 Å². The van der Waals surface area contributed by atoms with Crippen molar-refractivity contribution >= 4 is 21.8 Å². The van der Waals surface area contributed by atoms with Gasteiger partial charge in [0.1, 0.15) is 0 Å². The van der Waals surface area contributed by atoms with Crippen LogP contribution in [0.2, 0.25) is 0 Å². The highest BCUT2D eigenvalue weighted by atomic mass is 32.2. The van der Waals surface area contributed by atoms with Crippen LogP contribution in [0.25, 0.3) is 0 Å². The third kappa shape index (κ3) is 5.45. The zero-order chi connectivity index (χ0) is 23.4. The molecule has 10 heteroatoms. The Morgan fingerprint density at radius 2 is 1.82 bits per heavy atom. The van der Waals surface area contributed by atoms with Gasteiger partial charge in [-0.1, -0.05) is 23.8 Å². The van der Waals surface area contributed by atoms with Gasteiger partial charge in [-0.3, -0.25) is 20.4 Å². The van der Waals surface area contributed by atoms with Crippen LogP contribution >= 0.6 is 0 Å². The van der Waals surface area contributed by atoms with E-state index in [1.54, 1.807) is 30.3 Å². The number of nitrogens with one attached hydrogen (secondary N) is 2. The lowest BCUT2D eigenvalue weighted by Crippen LogP contribution is -2.50. The average molecular weight is 474 g/mol. The lowest BCUT2D eigenvalue weighted by molar-refractivity contribution is -0.132. The summed E-state index contributed by atoms with van der Waals surface area (Å²) in [5.74, 6) is 0.0781. The summed E-state index contributed by atoms with van der Waals surface area (Å²) in [7, 11) is -3.67. The van der Waals surface area contributed by atoms with Crippen molar-refractivity contribution in [3.8, 4) is 11.5 Å². The number of hydrazine groups is 1. The first-order chi connectivity index (χ1) is 15.8. The molecule has 0 radical (unpaired) electrons. The van der Waals surface area contributed by atoms with Gasteiger partial charge in [-0.15, -0.1) is 0 Å². The summed E-state index contributed by atoms with van der Waals surface area (Å²) in [6.07, 6.45) is 1.78. The number of hydrogen-bond acceptors (Lipinski definition) is 6. The van der Waals surface area contributed by atoms with E-state index in [-0.39, 0.29) is 30.6 Å². The third-order valence-corrected chi connectivity index (χ3v) is 7.70. The van der Waals surface area contributed by atoms with Gasteiger partial charge < -0.3 is 9.47 Å². The van der Waals surface area contributed by atoms with Gasteiger partial charge >= 0.3 is 0 Å². The quantitative estimate of drug-likeness (QED) is 0.620. The fourth-order valence-corrected chi connectivity index (χ4v) is 5.41. The molecule has 2 aromatic carbocycles. The Kier molecular flexibility index (Phi) is 6.85. The molecule has 1 fully saturated rings. The molecule has 0 aliphatic carbocycles. The Labute approximate surface area is 193 Å². The van der Waals surface area contributed by atoms with Crippen LogP contribution < -0.4 is 20.3 Å². The number of amides is 2. The molecule has 0 saturated carbocycles. The highest BCUT2D eigenvalue weighted by Crippen LogP contribution is 2.32. The van der Waals surface area contributed by atoms with Crippen LogP contribution in [0.15, 0.2) is 47.4 Å². The molecule has 4 rings (SSSR count). The Hall–Kier alpha value is -3.11. The number of aryl methyl sites for hydroxylation is 2. The van der Waals surface area contributed by atoms with Crippen molar-refractivity contribution in [2.75, 3.05) is 19.9 Å². The van der Waals surface area contributed by atoms with Gasteiger partial charge in [-0.05, 0) is 56.0 Å². The molecule has 0 unspecified atom stereocenters. The fourth-order valence-electron chi connectivity index (χ4n) is 3.88. The molecule has 0 bridgehead atoms. The van der Waals surface area contributed by atoms with Crippen molar-refractivity contribution in [1.29, 1.82) is 0 Å². The van der Waals surface area contributed by atoms with E-state index < -0.39 is 21.8 Å². The van der Waals surface area contributed by atoms with E-state index in [1.165, 1.54) is 4.31 Å². The molecule has 1 saturated heterocycles. The van der Waals surface area contributed by atoms with E-state index in [0.717, 1.165) is 11.1 Å². The minimum Gasteiger partial charge on any atom is -0.454 e. The molecule has 176 valence electrons. The second kappa shape index (κ2) is 9.80. The van der Waals surface area contributed by atoms with Crippen LogP contribution in [0.5, 0.6) is 11.5 Å². The molecule has 9 nitrogen and oxygen atoms in total. The minimum absolute atomic E-state index is 0.0785. The number of sulfonamides is 1. The molecule has 2 N–H and O–H groups in total. The number of carbonyl (C=O) groups is 2. The Morgan fingerprint density at radius 3 is 2.61 bits per heavy atom. The van der Waals surface area contributed by atoms with Crippen LogP contribution in [-0.2, 0) is 26.0 Å². The minimum atomic E-state index is -3.67. The summed E-state index contributed by atoms with van der Waals surface area (Å²) in [5, 5.41) is 0. The van der Waals surface area contributed by atoms with E-state index in [2.05, 4.69) is 10.9 Å². The maximum absolute atomic E-state index is 12.9. The molecular formula is C23H27N3O6S. The normalized spacial score (nSPS) is 18.0. The number of nitrogens with zero attached hydrogens (tertiary/aromatic N) is 1. The van der Waals surface area contributed by atoms with Crippen molar-refractivity contribution in [2.45, 2.75) is 37.5 Å². The van der Waals surface area contributed by atoms with Crippen LogP contribution in [0.1, 0.15) is 30.4 Å². The van der Waals surface area contributed by atoms with Gasteiger partial charge in [-0.2, -0.15) is 4.31 Å². The zero-order valence-electron chi connectivity index (χ0n) is 18.4. The number of benzene rings is 2. The van der Waals surface area contributed by atoms with Crippen LogP contribution in [0.4, 0.5) is 0 Å². The summed E-state index contributed by atoms with van der Waals surface area (Å²) in [5.41, 5.74) is 6.77. The standard InChI is InChI=1S/C23H27N3O6S/c1-16-4-8-19(9-5-16)33(29,30)26-12-2-3-18(14-26)23(28)25-24-22(27)11-7-17-6-10-20-21(13-17)32-15-31-20/h4-6,8-10,13,18H,2-3,7,11-12,14-15H2,1H3,(H,24,27)(H,25,28)/t18-/m0/s1. The predicted molar refractivity (Wildman–Crippen MR) is 120 cm³/mol. The van der Waals surface area contributed by atoms with E-state index in [4.69, 9.17) is 9.47 Å². The highest BCUT2D eigenvalue weighted by Gasteiger charge is 2.33. The number of carbonyl (C=O) groups excluding carboxylic acids is 2. The van der Waals surface area contributed by atoms with E-state index in [9.17, 15) is 18.0 Å². The Bertz CT molecular complexity index is 1130. The number of fused-ring (bicyclic) bond motifs is 1. The molecule has 2 heterocycles. The fraction of sp³-hybridized carbons (Fsp3) is 0.391. The van der Waals surface area contributed by atoms with Gasteiger partial charge in [0.05, 0.1) is 10.8 Å². The summed E-state index contributed by atoms with van der Waals surface area (Å²) in [4.78, 5) is 25.0. The molecule has 2 aromatic rings. The molecule has 1 atom stereocenters. The van der Waals surface area contributed by atoms with Gasteiger partial charge in [0.2, 0.25) is 28.6 Å². The first kappa shape index (κ1) is 23.1. The first-order valence-electron chi connectivity index (χ1n) is 10.9. The maximum Gasteiger partial charge on any atom is 0.243 e. The summed E-state index contributed by atoms with van der Waals surface area (Å²) >= 11 is 0. The summed E-state index contributed by atoms with van der Waals surface area (Å²) in [6.45, 7) is 2.52. The third-order valence-electron chi connectivity index (χ3n) is 5.82. The van der Waals surface area contributed by atoms with Crippen LogP contribution in [-0.4, -0.2) is 44.4 Å². The largest absolute Gasteiger partial charge is 0.454 e. The molecule has 2 amide bonds. The van der Waals surface area contributed by atoms with Gasteiger partial charge in [0.15, 0.2) is 11.5 Å². The second-order valence-corrected chi connectivity index (χ2v) is 10.2. The van der Waals surface area contributed by atoms with Crippen molar-refractivity contribution < 1.29 is 27.5 Å². The summed E-state index contributed by atoms with van der Waals surface area (Å²) < 4.78 is 37.8. The van der Waals surface area contributed by atoms with Gasteiger partial charge in [-0.25, -0.2) is 8.42 Å². The van der Waals surface area contributed by atoms with Crippen molar-refractivity contribution in [2.24, 2.45) is 5.92 Å². The SMILES string of the molecule is Cc1ccc(S(=O)(=O)N2CCC[C@H](C(=O)NNC(=O)CCc3ccc4c(c3)OCO4)C2)cc1. The zero-order valence-corrected chi connectivity index (χ0v) is 19.2. The number of rotatable bonds is 6. The van der Waals surface area contributed by atoms with Gasteiger partial charge in [0, 0.05) is 19.5 Å². The van der Waals surface area contributed by atoms with Crippen LogP contribution in [0, 0.1) is 12.8 Å². The van der Waals surface area contributed by atoms with Gasteiger partial charge in [0.25, 0.3) is 0 Å². The topological polar surface area (TPSA) is 114 Å². The van der Waals surface area contributed by atoms with Crippen LogP contribution in [0.3, 0.4) is 0 Å². The van der Waals surface area contributed by atoms with Crippen molar-refractivity contribution in [3.63, 3.8) is 0 Å². The number of piperidine rings is 1. The number of ether oxygens (including phenoxy) is 2. The monoisotopic (exact) mass is 473 g/mol. The lowest BCUT2D eigenvalue weighted by atomic mass is 9.99. The summed E-state index contributed by atoms with van der Waals surface area (Å²) in [6, 6.07) is 12.2. The first-order valence-corrected chi connectivity index (χ1v) is 12.3. The molecule has 0 spiro atoms. The lowest BCUT2D eigenvalue weighted by Gasteiger charge is -2.31. The molecular weight excluding hydrogens is 446 g/mol. The van der Waals surface area contributed by atoms with E-state index in [0.29, 0.717) is 37.3 Å². The predicted octanol–water partition coefficient (Wildman–Crippen LogP) is 1.90.